The Balaban J connectivity index is 1.77. The molecule has 1 saturated carbocycles. The maximum atomic E-state index is 12.3. The molecule has 148 valence electrons. The molecule has 0 aliphatic heterocycles. The van der Waals surface area contributed by atoms with E-state index in [-0.39, 0.29) is 28.5 Å². The first-order chi connectivity index (χ1) is 13.2. The third-order valence-electron chi connectivity index (χ3n) is 4.37. The minimum Gasteiger partial charge on any atom is -0.352 e. The zero-order valence-electron chi connectivity index (χ0n) is 14.9. The highest BCUT2D eigenvalue weighted by atomic mass is 35.5. The summed E-state index contributed by atoms with van der Waals surface area (Å²) in [6.07, 6.45) is 2.13. The first-order valence-corrected chi connectivity index (χ1v) is 10.6. The number of nitrogens with two attached hydrogens (primary N) is 1. The van der Waals surface area contributed by atoms with Crippen LogP contribution >= 0.6 is 11.6 Å². The van der Waals surface area contributed by atoms with E-state index in [1.807, 2.05) is 0 Å². The molecule has 2 amide bonds. The van der Waals surface area contributed by atoms with Crippen LogP contribution in [-0.2, 0) is 21.2 Å². The van der Waals surface area contributed by atoms with Gasteiger partial charge in [-0.1, -0.05) is 29.8 Å². The molecule has 1 fully saturated rings. The lowest BCUT2D eigenvalue weighted by Gasteiger charge is -2.12. The number of carbonyl (C=O) groups is 2. The third kappa shape index (κ3) is 5.31. The van der Waals surface area contributed by atoms with E-state index in [0.29, 0.717) is 23.0 Å². The lowest BCUT2D eigenvalue weighted by molar-refractivity contribution is -0.115. The summed E-state index contributed by atoms with van der Waals surface area (Å²) in [5, 5.41) is 11.1. The van der Waals surface area contributed by atoms with Crippen molar-refractivity contribution >= 4 is 39.1 Å². The number of rotatable bonds is 7. The number of primary sulfonamides is 1. The van der Waals surface area contributed by atoms with Crippen LogP contribution in [0.1, 0.15) is 28.8 Å². The molecule has 9 heteroatoms. The largest absolute Gasteiger partial charge is 0.352 e. The molecule has 2 aromatic carbocycles. The van der Waals surface area contributed by atoms with Crippen molar-refractivity contribution in [2.45, 2.75) is 24.2 Å². The Kier molecular flexibility index (Phi) is 6.02. The van der Waals surface area contributed by atoms with Gasteiger partial charge in [-0.05, 0) is 48.6 Å². The second-order valence-corrected chi connectivity index (χ2v) is 8.66. The molecule has 0 unspecified atom stereocenters. The minimum absolute atomic E-state index is 0.0218. The highest BCUT2D eigenvalue weighted by Gasteiger charge is 2.24. The van der Waals surface area contributed by atoms with Crippen LogP contribution in [0.25, 0.3) is 0 Å². The second-order valence-electron chi connectivity index (χ2n) is 6.73. The van der Waals surface area contributed by atoms with E-state index < -0.39 is 15.9 Å². The van der Waals surface area contributed by atoms with Gasteiger partial charge in [0.1, 0.15) is 0 Å². The van der Waals surface area contributed by atoms with Crippen LogP contribution < -0.4 is 15.8 Å². The van der Waals surface area contributed by atoms with Gasteiger partial charge in [-0.3, -0.25) is 9.59 Å². The molecule has 1 aliphatic carbocycles. The normalized spacial score (nSPS) is 13.8. The summed E-state index contributed by atoms with van der Waals surface area (Å²) in [6, 6.07) is 10.9. The van der Waals surface area contributed by atoms with Gasteiger partial charge >= 0.3 is 0 Å². The van der Waals surface area contributed by atoms with Crippen LogP contribution in [-0.4, -0.2) is 26.8 Å². The molecule has 0 bridgehead atoms. The van der Waals surface area contributed by atoms with Crippen molar-refractivity contribution in [1.29, 1.82) is 0 Å². The number of benzene rings is 2. The number of anilines is 1. The second kappa shape index (κ2) is 8.30. The van der Waals surface area contributed by atoms with Gasteiger partial charge in [-0.2, -0.15) is 0 Å². The summed E-state index contributed by atoms with van der Waals surface area (Å²) in [7, 11) is -4.16. The van der Waals surface area contributed by atoms with Crippen LogP contribution in [0.3, 0.4) is 0 Å². The van der Waals surface area contributed by atoms with E-state index in [0.717, 1.165) is 12.8 Å². The number of hydrogen-bond donors (Lipinski definition) is 3. The average Bonchev–Trinajstić information content (AvgIpc) is 3.45. The number of nitrogens with one attached hydrogen (secondary N) is 2. The zero-order valence-corrected chi connectivity index (χ0v) is 16.5. The van der Waals surface area contributed by atoms with Gasteiger partial charge in [-0.25, -0.2) is 13.6 Å². The van der Waals surface area contributed by atoms with Crippen LogP contribution in [0.5, 0.6) is 0 Å². The van der Waals surface area contributed by atoms with Crippen molar-refractivity contribution in [3.8, 4) is 0 Å². The van der Waals surface area contributed by atoms with Crippen LogP contribution in [0.4, 0.5) is 5.69 Å². The summed E-state index contributed by atoms with van der Waals surface area (Å²) in [6.45, 7) is 0.499. The van der Waals surface area contributed by atoms with Crippen LogP contribution in [0.15, 0.2) is 47.4 Å². The lowest BCUT2D eigenvalue weighted by atomic mass is 10.1. The van der Waals surface area contributed by atoms with Crippen molar-refractivity contribution < 1.29 is 18.0 Å². The van der Waals surface area contributed by atoms with Gasteiger partial charge in [0, 0.05) is 17.3 Å². The van der Waals surface area contributed by atoms with E-state index in [1.54, 1.807) is 24.3 Å². The summed E-state index contributed by atoms with van der Waals surface area (Å²) in [4.78, 5) is 24.3. The Bertz CT molecular complexity index is 1020. The summed E-state index contributed by atoms with van der Waals surface area (Å²) >= 11 is 6.05. The summed E-state index contributed by atoms with van der Waals surface area (Å²) in [5.74, 6) is -0.436. The quantitative estimate of drug-likeness (QED) is 0.635. The predicted molar refractivity (Wildman–Crippen MR) is 107 cm³/mol. The van der Waals surface area contributed by atoms with Crippen molar-refractivity contribution in [3.05, 3.63) is 58.6 Å². The predicted octanol–water partition coefficient (Wildman–Crippen LogP) is 2.31. The molecule has 2 aromatic rings. The molecule has 0 saturated heterocycles. The van der Waals surface area contributed by atoms with Gasteiger partial charge in [0.05, 0.1) is 16.9 Å². The molecule has 0 spiro atoms. The van der Waals surface area contributed by atoms with E-state index >= 15 is 0 Å². The standard InChI is InChI=1S/C19H20ClN3O4S/c20-16-4-2-1-3-13(16)9-18(24)23-14-7-8-15(17(10-14)28(21,26)27)19(25)22-11-12-5-6-12/h1-4,7-8,10,12H,5-6,9,11H2,(H,22,25)(H,23,24)(H2,21,26,27). The van der Waals surface area contributed by atoms with Crippen molar-refractivity contribution in [2.24, 2.45) is 11.1 Å². The topological polar surface area (TPSA) is 118 Å². The van der Waals surface area contributed by atoms with Crippen molar-refractivity contribution in [2.75, 3.05) is 11.9 Å². The number of sulfonamides is 1. The molecule has 0 aromatic heterocycles. The van der Waals surface area contributed by atoms with Crippen LogP contribution in [0.2, 0.25) is 5.02 Å². The molecule has 1 aliphatic rings. The maximum absolute atomic E-state index is 12.3. The van der Waals surface area contributed by atoms with Gasteiger partial charge in [-0.15, -0.1) is 0 Å². The number of halogens is 1. The number of carbonyl (C=O) groups excluding carboxylic acids is 2. The fraction of sp³-hybridized carbons (Fsp3) is 0.263. The Morgan fingerprint density at radius 2 is 1.86 bits per heavy atom. The molecular weight excluding hydrogens is 402 g/mol. The number of hydrogen-bond acceptors (Lipinski definition) is 4. The van der Waals surface area contributed by atoms with Gasteiger partial charge in [0.15, 0.2) is 0 Å². The molecule has 28 heavy (non-hydrogen) atoms. The van der Waals surface area contributed by atoms with Crippen molar-refractivity contribution in [1.82, 2.24) is 5.32 Å². The molecule has 4 N–H and O–H groups in total. The Morgan fingerprint density at radius 3 is 2.50 bits per heavy atom. The van der Waals surface area contributed by atoms with Crippen molar-refractivity contribution in [3.63, 3.8) is 0 Å². The fourth-order valence-corrected chi connectivity index (χ4v) is 3.66. The highest BCUT2D eigenvalue weighted by molar-refractivity contribution is 7.89. The Labute approximate surface area is 168 Å². The fourth-order valence-electron chi connectivity index (χ4n) is 2.70. The molecular formula is C19H20ClN3O4S. The number of amides is 2. The highest BCUT2D eigenvalue weighted by Crippen LogP contribution is 2.28. The molecule has 0 radical (unpaired) electrons. The Hall–Kier alpha value is -2.42. The van der Waals surface area contributed by atoms with Gasteiger partial charge < -0.3 is 10.6 Å². The van der Waals surface area contributed by atoms with E-state index in [2.05, 4.69) is 10.6 Å². The summed E-state index contributed by atoms with van der Waals surface area (Å²) < 4.78 is 23.9. The van der Waals surface area contributed by atoms with E-state index in [9.17, 15) is 18.0 Å². The maximum Gasteiger partial charge on any atom is 0.252 e. The van der Waals surface area contributed by atoms with Crippen LogP contribution in [0, 0.1) is 5.92 Å². The molecule has 7 nitrogen and oxygen atoms in total. The Morgan fingerprint density at radius 1 is 1.14 bits per heavy atom. The molecule has 3 rings (SSSR count). The first kappa shape index (κ1) is 20.3. The monoisotopic (exact) mass is 421 g/mol. The minimum atomic E-state index is -4.16. The zero-order chi connectivity index (χ0) is 20.3. The average molecular weight is 422 g/mol. The molecule has 0 heterocycles. The molecule has 0 atom stereocenters. The van der Waals surface area contributed by atoms with Gasteiger partial charge in [0.25, 0.3) is 5.91 Å². The third-order valence-corrected chi connectivity index (χ3v) is 5.69. The first-order valence-electron chi connectivity index (χ1n) is 8.72. The smallest absolute Gasteiger partial charge is 0.252 e. The lowest BCUT2D eigenvalue weighted by Crippen LogP contribution is -2.28. The van der Waals surface area contributed by atoms with E-state index in [4.69, 9.17) is 16.7 Å². The van der Waals surface area contributed by atoms with E-state index in [1.165, 1.54) is 18.2 Å². The SMILES string of the molecule is NS(=O)(=O)c1cc(NC(=O)Cc2ccccc2Cl)ccc1C(=O)NCC1CC1. The van der Waals surface area contributed by atoms with Gasteiger partial charge in [0.2, 0.25) is 15.9 Å². The summed E-state index contributed by atoms with van der Waals surface area (Å²) in [5.41, 5.74) is 0.816.